The first-order valence-corrected chi connectivity index (χ1v) is 5.70. The van der Waals surface area contributed by atoms with E-state index in [9.17, 15) is 0 Å². The third kappa shape index (κ3) is 2.08. The van der Waals surface area contributed by atoms with Crippen molar-refractivity contribution in [1.82, 2.24) is 19.9 Å². The lowest BCUT2D eigenvalue weighted by Crippen LogP contribution is -2.01. The van der Waals surface area contributed by atoms with Crippen LogP contribution in [0.4, 0.5) is 5.82 Å². The fraction of sp³-hybridized carbons (Fsp3) is 0.333. The Kier molecular flexibility index (Phi) is 2.44. The maximum absolute atomic E-state index is 4.56. The SMILES string of the molecule is CNc1cc(-c2cnccn2)nc(C2CC2)n1. The molecule has 0 saturated heterocycles. The Balaban J connectivity index is 2.06. The molecule has 0 amide bonds. The van der Waals surface area contributed by atoms with Crippen molar-refractivity contribution in [3.63, 3.8) is 0 Å². The Morgan fingerprint density at radius 3 is 2.71 bits per heavy atom. The maximum atomic E-state index is 4.56. The van der Waals surface area contributed by atoms with E-state index in [0.717, 1.165) is 23.0 Å². The summed E-state index contributed by atoms with van der Waals surface area (Å²) in [4.78, 5) is 17.4. The van der Waals surface area contributed by atoms with Gasteiger partial charge in [-0.1, -0.05) is 0 Å². The van der Waals surface area contributed by atoms with Crippen LogP contribution in [0.1, 0.15) is 24.6 Å². The molecule has 5 nitrogen and oxygen atoms in total. The van der Waals surface area contributed by atoms with E-state index < -0.39 is 0 Å². The smallest absolute Gasteiger partial charge is 0.134 e. The van der Waals surface area contributed by atoms with Crippen molar-refractivity contribution in [2.75, 3.05) is 12.4 Å². The fourth-order valence-corrected chi connectivity index (χ4v) is 1.68. The second-order valence-electron chi connectivity index (χ2n) is 4.11. The number of hydrogen-bond donors (Lipinski definition) is 1. The quantitative estimate of drug-likeness (QED) is 0.867. The summed E-state index contributed by atoms with van der Waals surface area (Å²) in [7, 11) is 1.86. The molecule has 3 rings (SSSR count). The molecule has 0 radical (unpaired) electrons. The molecule has 0 spiro atoms. The van der Waals surface area contributed by atoms with Crippen molar-refractivity contribution in [3.8, 4) is 11.4 Å². The second kappa shape index (κ2) is 4.08. The highest BCUT2D eigenvalue weighted by Crippen LogP contribution is 2.39. The highest BCUT2D eigenvalue weighted by molar-refractivity contribution is 5.57. The minimum absolute atomic E-state index is 0.527. The van der Waals surface area contributed by atoms with Crippen LogP contribution in [0.25, 0.3) is 11.4 Å². The fourth-order valence-electron chi connectivity index (χ4n) is 1.68. The molecule has 0 aliphatic heterocycles. The van der Waals surface area contributed by atoms with E-state index in [-0.39, 0.29) is 0 Å². The van der Waals surface area contributed by atoms with Gasteiger partial charge in [0.2, 0.25) is 0 Å². The van der Waals surface area contributed by atoms with E-state index in [1.165, 1.54) is 12.8 Å². The molecule has 1 N–H and O–H groups in total. The molecule has 0 aromatic carbocycles. The first-order valence-electron chi connectivity index (χ1n) is 5.70. The number of rotatable bonds is 3. The minimum Gasteiger partial charge on any atom is -0.373 e. The zero-order chi connectivity index (χ0) is 11.7. The van der Waals surface area contributed by atoms with Gasteiger partial charge in [-0.3, -0.25) is 9.97 Å². The predicted octanol–water partition coefficient (Wildman–Crippen LogP) is 1.85. The van der Waals surface area contributed by atoms with Crippen molar-refractivity contribution < 1.29 is 0 Å². The van der Waals surface area contributed by atoms with E-state index in [2.05, 4.69) is 25.3 Å². The van der Waals surface area contributed by atoms with Gasteiger partial charge in [0.25, 0.3) is 0 Å². The predicted molar refractivity (Wildman–Crippen MR) is 64.6 cm³/mol. The third-order valence-electron chi connectivity index (χ3n) is 2.77. The van der Waals surface area contributed by atoms with Gasteiger partial charge in [0, 0.05) is 31.4 Å². The van der Waals surface area contributed by atoms with E-state index in [1.807, 2.05) is 13.1 Å². The molecule has 5 heteroatoms. The molecule has 2 aromatic heterocycles. The van der Waals surface area contributed by atoms with Gasteiger partial charge in [0.05, 0.1) is 11.9 Å². The van der Waals surface area contributed by atoms with Crippen LogP contribution in [0.2, 0.25) is 0 Å². The monoisotopic (exact) mass is 227 g/mol. The van der Waals surface area contributed by atoms with Gasteiger partial charge in [-0.15, -0.1) is 0 Å². The van der Waals surface area contributed by atoms with Crippen molar-refractivity contribution in [1.29, 1.82) is 0 Å². The van der Waals surface area contributed by atoms with Crippen molar-refractivity contribution in [3.05, 3.63) is 30.5 Å². The first kappa shape index (κ1) is 10.1. The van der Waals surface area contributed by atoms with E-state index >= 15 is 0 Å². The zero-order valence-electron chi connectivity index (χ0n) is 9.59. The molecular formula is C12H13N5. The van der Waals surface area contributed by atoms with Crippen LogP contribution in [0, 0.1) is 0 Å². The van der Waals surface area contributed by atoms with Crippen LogP contribution in [-0.2, 0) is 0 Å². The Labute approximate surface area is 99.4 Å². The van der Waals surface area contributed by atoms with Crippen LogP contribution in [0.15, 0.2) is 24.7 Å². The maximum Gasteiger partial charge on any atom is 0.134 e. The van der Waals surface area contributed by atoms with Crippen LogP contribution in [0.5, 0.6) is 0 Å². The second-order valence-corrected chi connectivity index (χ2v) is 4.11. The van der Waals surface area contributed by atoms with Gasteiger partial charge in [-0.05, 0) is 12.8 Å². The van der Waals surface area contributed by atoms with Gasteiger partial charge in [0.15, 0.2) is 0 Å². The first-order chi connectivity index (χ1) is 8.36. The topological polar surface area (TPSA) is 63.6 Å². The number of hydrogen-bond acceptors (Lipinski definition) is 5. The van der Waals surface area contributed by atoms with Crippen molar-refractivity contribution in [2.24, 2.45) is 0 Å². The van der Waals surface area contributed by atoms with Crippen LogP contribution in [-0.4, -0.2) is 27.0 Å². The molecule has 0 bridgehead atoms. The summed E-state index contributed by atoms with van der Waals surface area (Å²) in [5.41, 5.74) is 1.62. The van der Waals surface area contributed by atoms with Gasteiger partial charge < -0.3 is 5.32 Å². The zero-order valence-corrected chi connectivity index (χ0v) is 9.59. The van der Waals surface area contributed by atoms with Gasteiger partial charge in [0.1, 0.15) is 17.3 Å². The molecule has 1 saturated carbocycles. The van der Waals surface area contributed by atoms with E-state index in [4.69, 9.17) is 0 Å². The molecule has 2 aromatic rings. The van der Waals surface area contributed by atoms with E-state index in [0.29, 0.717) is 5.92 Å². The normalized spacial score (nSPS) is 14.6. The largest absolute Gasteiger partial charge is 0.373 e. The lowest BCUT2D eigenvalue weighted by Gasteiger charge is -2.06. The Morgan fingerprint density at radius 1 is 1.18 bits per heavy atom. The summed E-state index contributed by atoms with van der Waals surface area (Å²) in [5.74, 6) is 2.28. The molecule has 1 aliphatic carbocycles. The molecule has 1 aliphatic rings. The number of nitrogens with zero attached hydrogens (tertiary/aromatic N) is 4. The highest BCUT2D eigenvalue weighted by atomic mass is 15.0. The number of nitrogens with one attached hydrogen (secondary N) is 1. The number of aromatic nitrogens is 4. The molecule has 1 fully saturated rings. The summed E-state index contributed by atoms with van der Waals surface area (Å²) in [5, 5.41) is 3.06. The average molecular weight is 227 g/mol. The van der Waals surface area contributed by atoms with Gasteiger partial charge >= 0.3 is 0 Å². The van der Waals surface area contributed by atoms with Crippen LogP contribution >= 0.6 is 0 Å². The highest BCUT2D eigenvalue weighted by Gasteiger charge is 2.27. The van der Waals surface area contributed by atoms with Crippen molar-refractivity contribution >= 4 is 5.82 Å². The number of anilines is 1. The minimum atomic E-state index is 0.527. The molecular weight excluding hydrogens is 214 g/mol. The molecule has 17 heavy (non-hydrogen) atoms. The Bertz CT molecular complexity index is 522. The summed E-state index contributed by atoms with van der Waals surface area (Å²) in [6.07, 6.45) is 7.43. The van der Waals surface area contributed by atoms with Gasteiger partial charge in [-0.25, -0.2) is 9.97 Å². The summed E-state index contributed by atoms with van der Waals surface area (Å²) >= 11 is 0. The summed E-state index contributed by atoms with van der Waals surface area (Å²) in [6.45, 7) is 0. The molecule has 86 valence electrons. The summed E-state index contributed by atoms with van der Waals surface area (Å²) in [6, 6.07) is 1.90. The third-order valence-corrected chi connectivity index (χ3v) is 2.77. The standard InChI is InChI=1S/C12H13N5/c1-13-11-6-9(10-7-14-4-5-15-10)16-12(17-11)8-2-3-8/h4-8H,2-3H2,1H3,(H,13,16,17). The van der Waals surface area contributed by atoms with Crippen LogP contribution in [0.3, 0.4) is 0 Å². The Morgan fingerprint density at radius 2 is 2.06 bits per heavy atom. The summed E-state index contributed by atoms with van der Waals surface area (Å²) < 4.78 is 0. The average Bonchev–Trinajstić information content (AvgIpc) is 3.23. The molecule has 2 heterocycles. The Hall–Kier alpha value is -2.04. The van der Waals surface area contributed by atoms with Gasteiger partial charge in [-0.2, -0.15) is 0 Å². The molecule has 0 atom stereocenters. The lowest BCUT2D eigenvalue weighted by molar-refractivity contribution is 0.929. The lowest BCUT2D eigenvalue weighted by atomic mass is 10.2. The van der Waals surface area contributed by atoms with Crippen molar-refractivity contribution in [2.45, 2.75) is 18.8 Å². The van der Waals surface area contributed by atoms with E-state index in [1.54, 1.807) is 18.6 Å². The van der Waals surface area contributed by atoms with Crippen LogP contribution < -0.4 is 5.32 Å². The molecule has 0 unspecified atom stereocenters.